The van der Waals surface area contributed by atoms with Crippen molar-refractivity contribution >= 4 is 11.8 Å². The fourth-order valence-electron chi connectivity index (χ4n) is 3.00. The largest absolute Gasteiger partial charge is 0.309 e. The molecule has 0 bridgehead atoms. The van der Waals surface area contributed by atoms with Gasteiger partial charge in [-0.3, -0.25) is 0 Å². The summed E-state index contributed by atoms with van der Waals surface area (Å²) in [4.78, 5) is 0. The Bertz CT molecular complexity index is 388. The van der Waals surface area contributed by atoms with Gasteiger partial charge in [0.1, 0.15) is 0 Å². The van der Waals surface area contributed by atoms with Crippen molar-refractivity contribution in [2.45, 2.75) is 56.6 Å². The summed E-state index contributed by atoms with van der Waals surface area (Å²) in [5.41, 5.74) is 3.07. The van der Waals surface area contributed by atoms with Crippen LogP contribution in [0.3, 0.4) is 0 Å². The third-order valence-corrected chi connectivity index (χ3v) is 5.05. The van der Waals surface area contributed by atoms with Crippen LogP contribution >= 0.6 is 11.8 Å². The van der Waals surface area contributed by atoms with Crippen LogP contribution in [0.4, 0.5) is 0 Å². The van der Waals surface area contributed by atoms with E-state index in [1.54, 1.807) is 5.56 Å². The third-order valence-electron chi connectivity index (χ3n) is 3.69. The van der Waals surface area contributed by atoms with Crippen molar-refractivity contribution in [3.63, 3.8) is 0 Å². The van der Waals surface area contributed by atoms with Crippen LogP contribution in [-0.2, 0) is 0 Å². The standard InChI is InChI=1S/C16H25NS/c1-5-17-16-14-9-7-6-8-13(14)12(4)10-15(16)18-11(2)3/h6-9,11-12,15-17H,5,10H2,1-4H3. The zero-order valence-electron chi connectivity index (χ0n) is 11.9. The van der Waals surface area contributed by atoms with E-state index >= 15 is 0 Å². The molecule has 0 spiro atoms. The Labute approximate surface area is 116 Å². The van der Waals surface area contributed by atoms with E-state index in [0.29, 0.717) is 22.5 Å². The summed E-state index contributed by atoms with van der Waals surface area (Å²) in [6, 6.07) is 9.49. The van der Waals surface area contributed by atoms with Crippen molar-refractivity contribution in [2.24, 2.45) is 0 Å². The van der Waals surface area contributed by atoms with E-state index in [2.05, 4.69) is 69.0 Å². The quantitative estimate of drug-likeness (QED) is 0.866. The van der Waals surface area contributed by atoms with Crippen molar-refractivity contribution in [2.75, 3.05) is 6.54 Å². The van der Waals surface area contributed by atoms with Crippen LogP contribution in [0.2, 0.25) is 0 Å². The lowest BCUT2D eigenvalue weighted by Crippen LogP contribution is -2.36. The summed E-state index contributed by atoms with van der Waals surface area (Å²) >= 11 is 2.13. The van der Waals surface area contributed by atoms with E-state index in [-0.39, 0.29) is 0 Å². The predicted octanol–water partition coefficient (Wildman–Crippen LogP) is 4.35. The number of hydrogen-bond acceptors (Lipinski definition) is 2. The smallest absolute Gasteiger partial charge is 0.0443 e. The first-order valence-electron chi connectivity index (χ1n) is 7.11. The first-order chi connectivity index (χ1) is 8.63. The monoisotopic (exact) mass is 263 g/mol. The summed E-state index contributed by atoms with van der Waals surface area (Å²) in [6.45, 7) is 10.2. The second-order valence-electron chi connectivity index (χ2n) is 5.52. The van der Waals surface area contributed by atoms with Gasteiger partial charge in [-0.15, -0.1) is 0 Å². The Morgan fingerprint density at radius 3 is 2.56 bits per heavy atom. The number of hydrogen-bond donors (Lipinski definition) is 1. The van der Waals surface area contributed by atoms with Gasteiger partial charge >= 0.3 is 0 Å². The average molecular weight is 263 g/mol. The summed E-state index contributed by atoms with van der Waals surface area (Å²) < 4.78 is 0. The lowest BCUT2D eigenvalue weighted by Gasteiger charge is -2.38. The lowest BCUT2D eigenvalue weighted by atomic mass is 9.80. The summed E-state index contributed by atoms with van der Waals surface area (Å²) in [7, 11) is 0. The molecule has 2 heteroatoms. The fraction of sp³-hybridized carbons (Fsp3) is 0.625. The second kappa shape index (κ2) is 6.12. The molecule has 0 saturated carbocycles. The third kappa shape index (κ3) is 2.92. The molecule has 3 atom stereocenters. The highest BCUT2D eigenvalue weighted by atomic mass is 32.2. The van der Waals surface area contributed by atoms with Gasteiger partial charge < -0.3 is 5.32 Å². The first kappa shape index (κ1) is 14.0. The molecular weight excluding hydrogens is 238 g/mol. The van der Waals surface area contributed by atoms with Gasteiger partial charge in [-0.05, 0) is 35.3 Å². The second-order valence-corrected chi connectivity index (χ2v) is 7.34. The van der Waals surface area contributed by atoms with E-state index in [1.165, 1.54) is 12.0 Å². The Balaban J connectivity index is 2.30. The molecule has 100 valence electrons. The maximum absolute atomic E-state index is 3.70. The molecule has 0 heterocycles. The molecule has 1 N–H and O–H groups in total. The Morgan fingerprint density at radius 1 is 1.28 bits per heavy atom. The maximum atomic E-state index is 3.70. The number of nitrogens with one attached hydrogen (secondary N) is 1. The van der Waals surface area contributed by atoms with E-state index in [1.807, 2.05) is 0 Å². The van der Waals surface area contributed by atoms with E-state index in [9.17, 15) is 0 Å². The Morgan fingerprint density at radius 2 is 1.94 bits per heavy atom. The van der Waals surface area contributed by atoms with Crippen molar-refractivity contribution in [1.29, 1.82) is 0 Å². The highest BCUT2D eigenvalue weighted by Gasteiger charge is 2.33. The van der Waals surface area contributed by atoms with Crippen LogP contribution in [0.25, 0.3) is 0 Å². The maximum Gasteiger partial charge on any atom is 0.0443 e. The van der Waals surface area contributed by atoms with Gasteiger partial charge in [0, 0.05) is 11.3 Å². The molecule has 0 aromatic heterocycles. The first-order valence-corrected chi connectivity index (χ1v) is 8.05. The molecular formula is C16H25NS. The zero-order chi connectivity index (χ0) is 13.1. The van der Waals surface area contributed by atoms with Crippen LogP contribution in [0, 0.1) is 0 Å². The van der Waals surface area contributed by atoms with Gasteiger partial charge in [0.05, 0.1) is 0 Å². The molecule has 0 fully saturated rings. The predicted molar refractivity (Wildman–Crippen MR) is 82.4 cm³/mol. The number of benzene rings is 1. The van der Waals surface area contributed by atoms with Crippen LogP contribution < -0.4 is 5.32 Å². The minimum atomic E-state index is 0.523. The molecule has 3 unspecified atom stereocenters. The normalized spacial score (nSPS) is 27.3. The van der Waals surface area contributed by atoms with Crippen molar-refractivity contribution < 1.29 is 0 Å². The summed E-state index contributed by atoms with van der Waals surface area (Å²) in [5.74, 6) is 0.687. The van der Waals surface area contributed by atoms with Gasteiger partial charge in [-0.25, -0.2) is 0 Å². The Hall–Kier alpha value is -0.470. The van der Waals surface area contributed by atoms with Crippen molar-refractivity contribution in [3.05, 3.63) is 35.4 Å². The lowest BCUT2D eigenvalue weighted by molar-refractivity contribution is 0.453. The number of fused-ring (bicyclic) bond motifs is 1. The molecule has 1 aromatic carbocycles. The molecule has 18 heavy (non-hydrogen) atoms. The molecule has 0 aliphatic heterocycles. The zero-order valence-corrected chi connectivity index (χ0v) is 12.8. The molecule has 0 amide bonds. The summed E-state index contributed by atoms with van der Waals surface area (Å²) in [6.07, 6.45) is 1.29. The molecule has 1 aromatic rings. The fourth-order valence-corrected chi connectivity index (χ4v) is 4.50. The molecule has 1 aliphatic carbocycles. The van der Waals surface area contributed by atoms with Crippen LogP contribution in [0.5, 0.6) is 0 Å². The van der Waals surface area contributed by atoms with Gasteiger partial charge in [0.25, 0.3) is 0 Å². The molecule has 2 rings (SSSR count). The van der Waals surface area contributed by atoms with E-state index in [0.717, 1.165) is 6.54 Å². The highest BCUT2D eigenvalue weighted by Crippen LogP contribution is 2.43. The Kier molecular flexibility index (Phi) is 4.74. The van der Waals surface area contributed by atoms with Crippen LogP contribution in [0.15, 0.2) is 24.3 Å². The van der Waals surface area contributed by atoms with Gasteiger partial charge in [0.15, 0.2) is 0 Å². The van der Waals surface area contributed by atoms with Gasteiger partial charge in [-0.2, -0.15) is 11.8 Å². The average Bonchev–Trinajstić information content (AvgIpc) is 2.33. The van der Waals surface area contributed by atoms with Crippen LogP contribution in [-0.4, -0.2) is 17.0 Å². The molecule has 0 radical (unpaired) electrons. The van der Waals surface area contributed by atoms with Crippen molar-refractivity contribution in [3.8, 4) is 0 Å². The van der Waals surface area contributed by atoms with Gasteiger partial charge in [-0.1, -0.05) is 52.0 Å². The highest BCUT2D eigenvalue weighted by molar-refractivity contribution is 8.00. The SMILES string of the molecule is CCNC1c2ccccc2C(C)CC1SC(C)C. The minimum Gasteiger partial charge on any atom is -0.309 e. The van der Waals surface area contributed by atoms with E-state index in [4.69, 9.17) is 0 Å². The number of rotatable bonds is 4. The van der Waals surface area contributed by atoms with Crippen molar-refractivity contribution in [1.82, 2.24) is 5.32 Å². The van der Waals surface area contributed by atoms with E-state index < -0.39 is 0 Å². The topological polar surface area (TPSA) is 12.0 Å². The minimum absolute atomic E-state index is 0.523. The molecule has 0 saturated heterocycles. The molecule has 1 nitrogen and oxygen atoms in total. The number of thioether (sulfide) groups is 1. The van der Waals surface area contributed by atoms with Crippen LogP contribution in [0.1, 0.15) is 57.2 Å². The molecule has 1 aliphatic rings. The summed E-state index contributed by atoms with van der Waals surface area (Å²) in [5, 5.41) is 5.10. The van der Waals surface area contributed by atoms with Gasteiger partial charge in [0.2, 0.25) is 0 Å².